The lowest BCUT2D eigenvalue weighted by molar-refractivity contribution is -0.142. The van der Waals surface area contributed by atoms with Crippen molar-refractivity contribution in [2.45, 2.75) is 31.3 Å². The van der Waals surface area contributed by atoms with E-state index >= 15 is 0 Å². The standard InChI is InChI=1S/C9H12N2O4S/c10-6(16)3-9-1-4(7(12)13)11(8(14)15)5(9)2-9/h4-5H,1-3H2,(H2,10,16)(H,12,13)(H,14,15)/t4-,5+,9-/m0/s1. The molecule has 6 nitrogen and oxygen atoms in total. The zero-order valence-corrected chi connectivity index (χ0v) is 9.24. The van der Waals surface area contributed by atoms with Crippen LogP contribution >= 0.6 is 12.2 Å². The van der Waals surface area contributed by atoms with Crippen LogP contribution in [0.1, 0.15) is 19.3 Å². The molecule has 7 heteroatoms. The number of thiocarbonyl (C=S) groups is 1. The molecule has 0 radical (unpaired) electrons. The average Bonchev–Trinajstić information content (AvgIpc) is 2.68. The number of carboxylic acids is 1. The summed E-state index contributed by atoms with van der Waals surface area (Å²) in [4.78, 5) is 23.3. The molecule has 0 bridgehead atoms. The van der Waals surface area contributed by atoms with E-state index in [1.165, 1.54) is 0 Å². The first-order valence-electron chi connectivity index (χ1n) is 4.90. The van der Waals surface area contributed by atoms with E-state index in [4.69, 9.17) is 28.2 Å². The number of carbonyl (C=O) groups is 2. The Morgan fingerprint density at radius 1 is 1.44 bits per heavy atom. The van der Waals surface area contributed by atoms with E-state index in [1.807, 2.05) is 0 Å². The molecule has 1 saturated heterocycles. The van der Waals surface area contributed by atoms with Gasteiger partial charge >= 0.3 is 12.1 Å². The number of likely N-dealkylation sites (tertiary alicyclic amines) is 1. The second-order valence-electron chi connectivity index (χ2n) is 4.47. The molecule has 16 heavy (non-hydrogen) atoms. The van der Waals surface area contributed by atoms with Gasteiger partial charge in [-0.25, -0.2) is 9.59 Å². The fourth-order valence-corrected chi connectivity index (χ4v) is 3.01. The monoisotopic (exact) mass is 244 g/mol. The van der Waals surface area contributed by atoms with Gasteiger partial charge in [-0.15, -0.1) is 0 Å². The first kappa shape index (κ1) is 11.1. The first-order chi connectivity index (χ1) is 7.37. The smallest absolute Gasteiger partial charge is 0.408 e. The summed E-state index contributed by atoms with van der Waals surface area (Å²) in [5, 5.41) is 17.9. The Morgan fingerprint density at radius 3 is 2.44 bits per heavy atom. The first-order valence-corrected chi connectivity index (χ1v) is 5.30. The van der Waals surface area contributed by atoms with Crippen LogP contribution in [-0.2, 0) is 4.79 Å². The van der Waals surface area contributed by atoms with Crippen molar-refractivity contribution in [1.82, 2.24) is 4.90 Å². The molecule has 1 saturated carbocycles. The molecule has 1 amide bonds. The maximum Gasteiger partial charge on any atom is 0.408 e. The number of hydrogen-bond acceptors (Lipinski definition) is 3. The van der Waals surface area contributed by atoms with Gasteiger partial charge in [-0.2, -0.15) is 0 Å². The molecule has 0 aromatic carbocycles. The number of carboxylic acid groups (broad SMARTS) is 2. The van der Waals surface area contributed by atoms with Crippen molar-refractivity contribution in [2.24, 2.45) is 11.1 Å². The predicted octanol–water partition coefficient (Wildman–Crippen LogP) is 0.258. The van der Waals surface area contributed by atoms with Crippen LogP contribution in [0, 0.1) is 5.41 Å². The Morgan fingerprint density at radius 2 is 2.06 bits per heavy atom. The minimum absolute atomic E-state index is 0.229. The van der Waals surface area contributed by atoms with Crippen molar-refractivity contribution < 1.29 is 19.8 Å². The average molecular weight is 244 g/mol. The maximum absolute atomic E-state index is 11.0. The van der Waals surface area contributed by atoms with Crippen LogP contribution in [0.5, 0.6) is 0 Å². The number of hydrogen-bond donors (Lipinski definition) is 3. The Balaban J connectivity index is 2.19. The summed E-state index contributed by atoms with van der Waals surface area (Å²) < 4.78 is 0. The highest BCUT2D eigenvalue weighted by molar-refractivity contribution is 7.80. The zero-order chi connectivity index (χ0) is 12.1. The van der Waals surface area contributed by atoms with Crippen molar-refractivity contribution in [2.75, 3.05) is 0 Å². The van der Waals surface area contributed by atoms with E-state index in [-0.39, 0.29) is 11.5 Å². The summed E-state index contributed by atoms with van der Waals surface area (Å²) >= 11 is 4.80. The van der Waals surface area contributed by atoms with Gasteiger partial charge in [0.15, 0.2) is 0 Å². The van der Waals surface area contributed by atoms with Crippen LogP contribution in [-0.4, -0.2) is 44.2 Å². The summed E-state index contributed by atoms with van der Waals surface area (Å²) in [6, 6.07) is -1.18. The molecule has 2 rings (SSSR count). The van der Waals surface area contributed by atoms with E-state index in [2.05, 4.69) is 0 Å². The van der Waals surface area contributed by atoms with Crippen molar-refractivity contribution in [1.29, 1.82) is 0 Å². The van der Waals surface area contributed by atoms with Crippen molar-refractivity contribution in [3.8, 4) is 0 Å². The van der Waals surface area contributed by atoms with Crippen molar-refractivity contribution >= 4 is 29.3 Å². The van der Waals surface area contributed by atoms with Crippen molar-refractivity contribution in [3.63, 3.8) is 0 Å². The molecule has 0 aromatic heterocycles. The number of piperidine rings is 1. The summed E-state index contributed by atoms with van der Waals surface area (Å²) in [6.45, 7) is 0. The van der Waals surface area contributed by atoms with E-state index in [0.29, 0.717) is 24.3 Å². The lowest BCUT2D eigenvalue weighted by atomic mass is 9.96. The number of nitrogens with two attached hydrogens (primary N) is 1. The third-order valence-electron chi connectivity index (χ3n) is 3.45. The molecular formula is C9H12N2O4S. The molecule has 2 fully saturated rings. The zero-order valence-electron chi connectivity index (χ0n) is 8.42. The maximum atomic E-state index is 11.0. The topological polar surface area (TPSA) is 104 Å². The fraction of sp³-hybridized carbons (Fsp3) is 0.667. The number of amides is 1. The molecule has 0 unspecified atom stereocenters. The molecule has 0 spiro atoms. The Labute approximate surface area is 97.0 Å². The van der Waals surface area contributed by atoms with E-state index in [0.717, 1.165) is 4.90 Å². The van der Waals surface area contributed by atoms with Crippen LogP contribution in [0.2, 0.25) is 0 Å². The number of fused-ring (bicyclic) bond motifs is 1. The Hall–Kier alpha value is -1.37. The van der Waals surface area contributed by atoms with E-state index in [1.54, 1.807) is 0 Å². The second kappa shape index (κ2) is 3.31. The largest absolute Gasteiger partial charge is 0.480 e. The van der Waals surface area contributed by atoms with Crippen LogP contribution in [0.3, 0.4) is 0 Å². The van der Waals surface area contributed by atoms with Crippen molar-refractivity contribution in [3.05, 3.63) is 0 Å². The molecule has 4 N–H and O–H groups in total. The summed E-state index contributed by atoms with van der Waals surface area (Å²) in [5.41, 5.74) is 5.13. The summed E-state index contributed by atoms with van der Waals surface area (Å²) in [7, 11) is 0. The highest BCUT2D eigenvalue weighted by atomic mass is 32.1. The summed E-state index contributed by atoms with van der Waals surface area (Å²) in [5.74, 6) is -1.10. The minimum atomic E-state index is -1.18. The lowest BCUT2D eigenvalue weighted by Crippen LogP contribution is -2.42. The molecule has 88 valence electrons. The predicted molar refractivity (Wildman–Crippen MR) is 58.1 cm³/mol. The van der Waals surface area contributed by atoms with Gasteiger partial charge in [0.05, 0.1) is 4.99 Å². The minimum Gasteiger partial charge on any atom is -0.480 e. The van der Waals surface area contributed by atoms with Crippen LogP contribution in [0.15, 0.2) is 0 Å². The van der Waals surface area contributed by atoms with Gasteiger partial charge in [-0.3, -0.25) is 4.90 Å². The highest BCUT2D eigenvalue weighted by Gasteiger charge is 2.67. The lowest BCUT2D eigenvalue weighted by Gasteiger charge is -2.20. The van der Waals surface area contributed by atoms with Gasteiger partial charge in [0.1, 0.15) is 6.04 Å². The number of aliphatic carboxylic acids is 1. The fourth-order valence-electron chi connectivity index (χ4n) is 2.72. The summed E-state index contributed by atoms with van der Waals surface area (Å²) in [6.07, 6.45) is 0.233. The molecule has 1 aliphatic heterocycles. The third kappa shape index (κ3) is 1.51. The normalized spacial score (nSPS) is 35.6. The van der Waals surface area contributed by atoms with Gasteiger partial charge in [-0.05, 0) is 12.8 Å². The quantitative estimate of drug-likeness (QED) is 0.615. The molecule has 1 aliphatic carbocycles. The second-order valence-corrected chi connectivity index (χ2v) is 5.00. The third-order valence-corrected chi connectivity index (χ3v) is 3.59. The van der Waals surface area contributed by atoms with Gasteiger partial charge in [0.2, 0.25) is 0 Å². The van der Waals surface area contributed by atoms with Gasteiger partial charge in [0.25, 0.3) is 0 Å². The van der Waals surface area contributed by atoms with Crippen LogP contribution in [0.25, 0.3) is 0 Å². The van der Waals surface area contributed by atoms with E-state index < -0.39 is 18.1 Å². The van der Waals surface area contributed by atoms with Gasteiger partial charge in [0, 0.05) is 17.9 Å². The number of nitrogens with zero attached hydrogens (tertiary/aromatic N) is 1. The van der Waals surface area contributed by atoms with Gasteiger partial charge in [-0.1, -0.05) is 12.2 Å². The highest BCUT2D eigenvalue weighted by Crippen LogP contribution is 2.61. The van der Waals surface area contributed by atoms with Crippen LogP contribution < -0.4 is 5.73 Å². The molecule has 3 atom stereocenters. The SMILES string of the molecule is NC(=S)C[C@@]12C[C@@H](C(=O)O)N(C(=O)O)[C@@H]1C2. The van der Waals surface area contributed by atoms with E-state index in [9.17, 15) is 9.59 Å². The van der Waals surface area contributed by atoms with Crippen LogP contribution in [0.4, 0.5) is 4.79 Å². The Bertz CT molecular complexity index is 386. The Kier molecular flexibility index (Phi) is 2.30. The molecule has 2 aliphatic rings. The molecular weight excluding hydrogens is 232 g/mol. The van der Waals surface area contributed by atoms with Gasteiger partial charge < -0.3 is 15.9 Å². The molecule has 0 aromatic rings. The number of rotatable bonds is 3. The molecule has 1 heterocycles.